The Kier molecular flexibility index (Phi) is 1.66. The molecule has 1 aliphatic rings. The lowest BCUT2D eigenvalue weighted by Gasteiger charge is -2.26. The van der Waals surface area contributed by atoms with Crippen molar-refractivity contribution in [3.05, 3.63) is 18.2 Å². The minimum absolute atomic E-state index is 0.838. The molecule has 0 bridgehead atoms. The van der Waals surface area contributed by atoms with Gasteiger partial charge in [-0.15, -0.1) is 0 Å². The molecular weight excluding hydrogens is 138 g/mol. The van der Waals surface area contributed by atoms with Gasteiger partial charge in [-0.25, -0.2) is 4.98 Å². The quantitative estimate of drug-likeness (QED) is 0.653. The van der Waals surface area contributed by atoms with E-state index < -0.39 is 0 Å². The molecule has 3 heteroatoms. The van der Waals surface area contributed by atoms with Crippen LogP contribution in [-0.2, 0) is 13.5 Å². The lowest BCUT2D eigenvalue weighted by atomic mass is 9.98. The number of aromatic nitrogens is 2. The van der Waals surface area contributed by atoms with Gasteiger partial charge in [0.2, 0.25) is 0 Å². The first-order valence-corrected chi connectivity index (χ1v) is 4.02. The molecule has 2 heterocycles. The van der Waals surface area contributed by atoms with Gasteiger partial charge in [0.15, 0.2) is 0 Å². The second-order valence-corrected chi connectivity index (χ2v) is 3.22. The Bertz CT molecular complexity index is 237. The van der Waals surface area contributed by atoms with Crippen LogP contribution in [0.5, 0.6) is 0 Å². The van der Waals surface area contributed by atoms with Gasteiger partial charge < -0.3 is 9.88 Å². The average molecular weight is 151 g/mol. The molecular formula is C8H13N3. The first-order valence-electron chi connectivity index (χ1n) is 4.02. The van der Waals surface area contributed by atoms with E-state index in [-0.39, 0.29) is 0 Å². The van der Waals surface area contributed by atoms with Crippen molar-refractivity contribution in [1.29, 1.82) is 0 Å². The highest BCUT2D eigenvalue weighted by molar-refractivity contribution is 5.00. The maximum absolute atomic E-state index is 4.08. The van der Waals surface area contributed by atoms with Crippen molar-refractivity contribution in [2.45, 2.75) is 6.42 Å². The van der Waals surface area contributed by atoms with E-state index in [4.69, 9.17) is 0 Å². The zero-order valence-corrected chi connectivity index (χ0v) is 6.75. The fraction of sp³-hybridized carbons (Fsp3) is 0.625. The van der Waals surface area contributed by atoms with Crippen LogP contribution in [0, 0.1) is 5.92 Å². The predicted octanol–water partition coefficient (Wildman–Crippen LogP) is 0.182. The lowest BCUT2D eigenvalue weighted by Crippen LogP contribution is -2.43. The molecule has 2 rings (SSSR count). The minimum atomic E-state index is 0.838. The summed E-state index contributed by atoms with van der Waals surface area (Å²) in [5.41, 5.74) is 1.34. The molecule has 1 N–H and O–H groups in total. The van der Waals surface area contributed by atoms with E-state index in [1.807, 2.05) is 12.5 Å². The largest absolute Gasteiger partial charge is 0.338 e. The zero-order valence-electron chi connectivity index (χ0n) is 6.75. The Morgan fingerprint density at radius 3 is 3.00 bits per heavy atom. The third-order valence-electron chi connectivity index (χ3n) is 2.28. The summed E-state index contributed by atoms with van der Waals surface area (Å²) in [7, 11) is 2.05. The van der Waals surface area contributed by atoms with Crippen LogP contribution in [0.4, 0.5) is 0 Å². The number of imidazole rings is 1. The van der Waals surface area contributed by atoms with Crippen LogP contribution in [0.3, 0.4) is 0 Å². The van der Waals surface area contributed by atoms with E-state index in [0.717, 1.165) is 5.92 Å². The minimum Gasteiger partial charge on any atom is -0.338 e. The summed E-state index contributed by atoms with van der Waals surface area (Å²) >= 11 is 0. The summed E-state index contributed by atoms with van der Waals surface area (Å²) in [6, 6.07) is 0. The third kappa shape index (κ3) is 1.28. The van der Waals surface area contributed by atoms with Gasteiger partial charge in [0.05, 0.1) is 6.33 Å². The second kappa shape index (κ2) is 2.66. The number of hydrogen-bond donors (Lipinski definition) is 1. The lowest BCUT2D eigenvalue weighted by molar-refractivity contribution is 0.341. The number of rotatable bonds is 2. The van der Waals surface area contributed by atoms with Crippen molar-refractivity contribution in [3.8, 4) is 0 Å². The second-order valence-electron chi connectivity index (χ2n) is 3.22. The maximum atomic E-state index is 4.08. The predicted molar refractivity (Wildman–Crippen MR) is 43.3 cm³/mol. The summed E-state index contributed by atoms with van der Waals surface area (Å²) in [5.74, 6) is 0.838. The summed E-state index contributed by atoms with van der Waals surface area (Å²) < 4.78 is 2.10. The van der Waals surface area contributed by atoms with E-state index in [9.17, 15) is 0 Å². The molecule has 1 fully saturated rings. The van der Waals surface area contributed by atoms with Crippen molar-refractivity contribution >= 4 is 0 Å². The van der Waals surface area contributed by atoms with Gasteiger partial charge in [-0.05, 0) is 25.4 Å². The SMILES string of the molecule is Cn1cncc1CC1CNC1. The van der Waals surface area contributed by atoms with Gasteiger partial charge in [-0.3, -0.25) is 0 Å². The molecule has 0 spiro atoms. The normalized spacial score (nSPS) is 18.3. The average Bonchev–Trinajstić information content (AvgIpc) is 2.27. The molecule has 0 saturated carbocycles. The van der Waals surface area contributed by atoms with Crippen molar-refractivity contribution in [3.63, 3.8) is 0 Å². The smallest absolute Gasteiger partial charge is 0.0945 e. The highest BCUT2D eigenvalue weighted by Gasteiger charge is 2.17. The summed E-state index contributed by atoms with van der Waals surface area (Å²) in [5, 5.41) is 3.26. The van der Waals surface area contributed by atoms with Gasteiger partial charge in [-0.2, -0.15) is 0 Å². The molecule has 11 heavy (non-hydrogen) atoms. The molecule has 0 amide bonds. The van der Waals surface area contributed by atoms with E-state index in [1.54, 1.807) is 0 Å². The van der Waals surface area contributed by atoms with Crippen LogP contribution in [0.1, 0.15) is 5.69 Å². The first-order chi connectivity index (χ1) is 5.36. The van der Waals surface area contributed by atoms with Crippen LogP contribution in [-0.4, -0.2) is 22.6 Å². The zero-order chi connectivity index (χ0) is 7.68. The fourth-order valence-corrected chi connectivity index (χ4v) is 1.37. The van der Waals surface area contributed by atoms with Crippen LogP contribution < -0.4 is 5.32 Å². The van der Waals surface area contributed by atoms with Crippen molar-refractivity contribution in [2.75, 3.05) is 13.1 Å². The number of nitrogens with one attached hydrogen (secondary N) is 1. The van der Waals surface area contributed by atoms with E-state index >= 15 is 0 Å². The van der Waals surface area contributed by atoms with Crippen LogP contribution in [0.2, 0.25) is 0 Å². The summed E-state index contributed by atoms with van der Waals surface area (Å²) in [6.45, 7) is 2.34. The van der Waals surface area contributed by atoms with Crippen molar-refractivity contribution in [2.24, 2.45) is 13.0 Å². The molecule has 1 saturated heterocycles. The molecule has 0 unspecified atom stereocenters. The van der Waals surface area contributed by atoms with Crippen LogP contribution >= 0.6 is 0 Å². The molecule has 0 aliphatic carbocycles. The molecule has 0 aromatic carbocycles. The Labute approximate surface area is 66.4 Å². The third-order valence-corrected chi connectivity index (χ3v) is 2.28. The van der Waals surface area contributed by atoms with E-state index in [0.29, 0.717) is 0 Å². The van der Waals surface area contributed by atoms with E-state index in [2.05, 4.69) is 21.9 Å². The maximum Gasteiger partial charge on any atom is 0.0945 e. The van der Waals surface area contributed by atoms with Crippen LogP contribution in [0.25, 0.3) is 0 Å². The molecule has 0 atom stereocenters. The Morgan fingerprint density at radius 2 is 2.55 bits per heavy atom. The summed E-state index contributed by atoms with van der Waals surface area (Å²) in [6.07, 6.45) is 4.99. The van der Waals surface area contributed by atoms with Gasteiger partial charge in [0.1, 0.15) is 0 Å². The fourth-order valence-electron chi connectivity index (χ4n) is 1.37. The standard InChI is InChI=1S/C8H13N3/c1-11-6-10-5-8(11)2-7-3-9-4-7/h5-7,9H,2-4H2,1H3. The first kappa shape index (κ1) is 6.85. The van der Waals surface area contributed by atoms with Crippen molar-refractivity contribution in [1.82, 2.24) is 14.9 Å². The highest BCUT2D eigenvalue weighted by atomic mass is 15.0. The van der Waals surface area contributed by atoms with Gasteiger partial charge >= 0.3 is 0 Å². The van der Waals surface area contributed by atoms with Gasteiger partial charge in [-0.1, -0.05) is 0 Å². The molecule has 1 aliphatic heterocycles. The monoisotopic (exact) mass is 151 g/mol. The molecule has 1 aromatic rings. The molecule has 60 valence electrons. The Balaban J connectivity index is 1.99. The van der Waals surface area contributed by atoms with Crippen LogP contribution in [0.15, 0.2) is 12.5 Å². The highest BCUT2D eigenvalue weighted by Crippen LogP contribution is 2.10. The topological polar surface area (TPSA) is 29.9 Å². The molecule has 3 nitrogen and oxygen atoms in total. The van der Waals surface area contributed by atoms with E-state index in [1.165, 1.54) is 25.2 Å². The molecule has 1 aromatic heterocycles. The number of aryl methyl sites for hydroxylation is 1. The Morgan fingerprint density at radius 1 is 1.73 bits per heavy atom. The van der Waals surface area contributed by atoms with Gasteiger partial charge in [0.25, 0.3) is 0 Å². The number of hydrogen-bond acceptors (Lipinski definition) is 2. The van der Waals surface area contributed by atoms with Crippen molar-refractivity contribution < 1.29 is 0 Å². The Hall–Kier alpha value is -0.830. The molecule has 0 radical (unpaired) electrons. The summed E-state index contributed by atoms with van der Waals surface area (Å²) in [4.78, 5) is 4.08. The van der Waals surface area contributed by atoms with Gasteiger partial charge in [0, 0.05) is 18.9 Å². The number of nitrogens with zero attached hydrogens (tertiary/aromatic N) is 2.